The number of halogens is 1. The molecule has 0 radical (unpaired) electrons. The van der Waals surface area contributed by atoms with Crippen LogP contribution in [0.25, 0.3) is 33.4 Å². The molecule has 2 fully saturated rings. The van der Waals surface area contributed by atoms with Crippen LogP contribution in [0.1, 0.15) is 76.8 Å². The summed E-state index contributed by atoms with van der Waals surface area (Å²) < 4.78 is 35.4. The lowest BCUT2D eigenvalue weighted by Crippen LogP contribution is -2.61. The third kappa shape index (κ3) is 10.6. The summed E-state index contributed by atoms with van der Waals surface area (Å²) in [7, 11) is 5.43. The van der Waals surface area contributed by atoms with Crippen molar-refractivity contribution >= 4 is 45.9 Å². The number of esters is 1. The van der Waals surface area contributed by atoms with E-state index in [1.165, 1.54) is 21.2 Å². The normalized spacial score (nSPS) is 20.4. The van der Waals surface area contributed by atoms with Gasteiger partial charge in [0.25, 0.3) is 17.7 Å². The average molecular weight is 913 g/mol. The lowest BCUT2D eigenvalue weighted by atomic mass is 9.84. The molecule has 3 amide bonds. The standard InChI is InChI=1S/C48H61FN8O7S/c1-10-56-39-16-15-30-21-33(39)34(43(56)32-13-11-19-50-42(32)29(2)62-9)23-47(3,4)28-64-46(61)36-14-12-20-57(53-36)45(60)37(22-40-51-38(30)27-65-40)52-44(59)35(49)26-63-31-24-55(25-31)41(58)17-18-48(5,6)54(7)8/h11,13,15-16,19,21,27,29,31,35-37,53H,10,12,14,20,22-26,28H2,1-9H3,(H,52,59)/t29-,35-,36?,37-/m0/s1. The van der Waals surface area contributed by atoms with Crippen molar-refractivity contribution in [2.45, 2.75) is 110 Å². The maximum atomic E-state index is 15.6. The van der Waals surface area contributed by atoms with Gasteiger partial charge in [-0.3, -0.25) is 34.1 Å². The first-order valence-corrected chi connectivity index (χ1v) is 23.1. The van der Waals surface area contributed by atoms with Crippen molar-refractivity contribution in [2.24, 2.45) is 5.41 Å². The number of nitrogens with one attached hydrogen (secondary N) is 2. The number of hydrogen-bond acceptors (Lipinski definition) is 12. The zero-order valence-electron chi connectivity index (χ0n) is 38.8. The molecule has 2 N–H and O–H groups in total. The van der Waals surface area contributed by atoms with Gasteiger partial charge in [-0.1, -0.05) is 25.8 Å². The Balaban J connectivity index is 1.16. The lowest BCUT2D eigenvalue weighted by Gasteiger charge is -2.38. The maximum absolute atomic E-state index is 15.6. The van der Waals surface area contributed by atoms with Crippen molar-refractivity contribution in [3.8, 4) is 34.4 Å². The number of cyclic esters (lactones) is 1. The first-order chi connectivity index (χ1) is 30.9. The van der Waals surface area contributed by atoms with E-state index in [4.69, 9.17) is 24.2 Å². The number of alkyl halides is 1. The highest BCUT2D eigenvalue weighted by atomic mass is 32.1. The number of hydrogen-bond donors (Lipinski definition) is 2. The molecule has 3 aromatic heterocycles. The minimum absolute atomic E-state index is 0.0268. The second-order valence-corrected chi connectivity index (χ2v) is 19.6. The summed E-state index contributed by atoms with van der Waals surface area (Å²) in [4.78, 5) is 67.2. The van der Waals surface area contributed by atoms with Crippen molar-refractivity contribution in [3.63, 3.8) is 0 Å². The third-order valence-electron chi connectivity index (χ3n) is 12.6. The molecular formula is C48H61FN8O7S. The van der Waals surface area contributed by atoms with E-state index in [0.717, 1.165) is 39.0 Å². The molecule has 4 aromatic rings. The Morgan fingerprint density at radius 1 is 1.20 bits per heavy atom. The Morgan fingerprint density at radius 2 is 1.97 bits per heavy atom. The number of likely N-dealkylation sites (tertiary alicyclic amines) is 1. The highest BCUT2D eigenvalue weighted by Crippen LogP contribution is 2.42. The van der Waals surface area contributed by atoms with Crippen LogP contribution in [0.5, 0.6) is 0 Å². The zero-order chi connectivity index (χ0) is 46.8. The van der Waals surface area contributed by atoms with Gasteiger partial charge in [0.2, 0.25) is 6.17 Å². The van der Waals surface area contributed by atoms with Crippen LogP contribution in [0.15, 0.2) is 41.9 Å². The fourth-order valence-corrected chi connectivity index (χ4v) is 9.08. The molecule has 0 spiro atoms. The van der Waals surface area contributed by atoms with Crippen LogP contribution in [0.3, 0.4) is 0 Å². The number of aryl methyl sites for hydroxylation is 1. The lowest BCUT2D eigenvalue weighted by molar-refractivity contribution is -0.155. The summed E-state index contributed by atoms with van der Waals surface area (Å²) in [5.74, 6) is 3.24. The van der Waals surface area contributed by atoms with Gasteiger partial charge in [-0.05, 0) is 96.8 Å². The van der Waals surface area contributed by atoms with E-state index in [-0.39, 0.29) is 44.7 Å². The van der Waals surface area contributed by atoms with Crippen LogP contribution < -0.4 is 10.7 Å². The van der Waals surface area contributed by atoms with Crippen molar-refractivity contribution in [1.29, 1.82) is 0 Å². The van der Waals surface area contributed by atoms with Crippen LogP contribution in [0.4, 0.5) is 4.39 Å². The molecule has 6 heterocycles. The predicted molar refractivity (Wildman–Crippen MR) is 246 cm³/mol. The molecule has 3 aliphatic rings. The molecule has 3 aliphatic heterocycles. The van der Waals surface area contributed by atoms with Crippen LogP contribution in [-0.4, -0.2) is 137 Å². The largest absolute Gasteiger partial charge is 0.464 e. The number of benzene rings is 1. The minimum Gasteiger partial charge on any atom is -0.464 e. The Morgan fingerprint density at radius 3 is 2.69 bits per heavy atom. The number of carbonyl (C=O) groups excluding carboxylic acids is 4. The second-order valence-electron chi connectivity index (χ2n) is 18.6. The average Bonchev–Trinajstić information content (AvgIpc) is 3.87. The van der Waals surface area contributed by atoms with E-state index in [0.29, 0.717) is 36.5 Å². The van der Waals surface area contributed by atoms with E-state index in [9.17, 15) is 19.2 Å². The summed E-state index contributed by atoms with van der Waals surface area (Å²) in [6.45, 7) is 13.0. The van der Waals surface area contributed by atoms with Gasteiger partial charge in [-0.2, -0.15) is 0 Å². The number of amides is 3. The Bertz CT molecular complexity index is 2480. The number of ether oxygens (including phenoxy) is 3. The molecule has 65 heavy (non-hydrogen) atoms. The molecule has 2 saturated heterocycles. The summed E-state index contributed by atoms with van der Waals surface area (Å²) in [5.41, 5.74) is 8.49. The number of carbonyl (C=O) groups is 4. The van der Waals surface area contributed by atoms with E-state index in [2.05, 4.69) is 66.1 Å². The zero-order valence-corrected chi connectivity index (χ0v) is 39.6. The van der Waals surface area contributed by atoms with Crippen molar-refractivity contribution in [1.82, 2.24) is 40.1 Å². The molecule has 348 valence electrons. The van der Waals surface area contributed by atoms with Gasteiger partial charge in [0.05, 0.1) is 53.1 Å². The Kier molecular flexibility index (Phi) is 14.5. The number of methoxy groups -OCH3 is 1. The van der Waals surface area contributed by atoms with Crippen molar-refractivity contribution < 1.29 is 37.8 Å². The second kappa shape index (κ2) is 19.7. The highest BCUT2D eigenvalue weighted by molar-refractivity contribution is 7.10. The number of aromatic nitrogens is 3. The smallest absolute Gasteiger partial charge is 0.324 e. The van der Waals surface area contributed by atoms with Crippen LogP contribution in [0.2, 0.25) is 0 Å². The third-order valence-corrected chi connectivity index (χ3v) is 13.5. The van der Waals surface area contributed by atoms with Gasteiger partial charge in [0, 0.05) is 78.7 Å². The fraction of sp³-hybridized carbons (Fsp3) is 0.542. The number of nitrogens with zero attached hydrogens (tertiary/aromatic N) is 6. The molecule has 0 saturated carbocycles. The van der Waals surface area contributed by atoms with E-state index < -0.39 is 59.7 Å². The molecule has 0 aliphatic carbocycles. The predicted octanol–water partition coefficient (Wildman–Crippen LogP) is 5.11. The van der Waals surface area contributed by atoms with Gasteiger partial charge in [0.15, 0.2) is 0 Å². The van der Waals surface area contributed by atoms with E-state index in [1.807, 2.05) is 57.3 Å². The number of thiazole rings is 1. The van der Waals surface area contributed by atoms with E-state index >= 15 is 4.39 Å². The summed E-state index contributed by atoms with van der Waals surface area (Å²) in [6, 6.07) is 8.23. The minimum atomic E-state index is -2.10. The molecule has 17 heteroatoms. The first-order valence-electron chi connectivity index (χ1n) is 22.3. The summed E-state index contributed by atoms with van der Waals surface area (Å²) in [6.07, 6.45) is 0.411. The molecule has 6 bridgehead atoms. The van der Waals surface area contributed by atoms with Gasteiger partial charge >= 0.3 is 5.97 Å². The molecule has 15 nitrogen and oxygen atoms in total. The van der Waals surface area contributed by atoms with Crippen LogP contribution in [-0.2, 0) is 52.8 Å². The topological polar surface area (TPSA) is 160 Å². The number of fused-ring (bicyclic) bond motifs is 6. The molecule has 4 atom stereocenters. The first kappa shape index (κ1) is 47.7. The van der Waals surface area contributed by atoms with Crippen molar-refractivity contribution in [2.75, 3.05) is 54.1 Å². The van der Waals surface area contributed by atoms with Gasteiger partial charge < -0.3 is 29.0 Å². The Hall–Kier alpha value is -5.25. The van der Waals surface area contributed by atoms with Crippen LogP contribution >= 0.6 is 11.3 Å². The van der Waals surface area contributed by atoms with Crippen LogP contribution in [0, 0.1) is 17.3 Å². The molecule has 1 unspecified atom stereocenters. The molecular weight excluding hydrogens is 852 g/mol. The van der Waals surface area contributed by atoms with Gasteiger partial charge in [0.1, 0.15) is 12.1 Å². The van der Waals surface area contributed by atoms with E-state index in [1.54, 1.807) is 13.3 Å². The summed E-state index contributed by atoms with van der Waals surface area (Å²) >= 11 is 1.34. The number of hydrazine groups is 1. The monoisotopic (exact) mass is 912 g/mol. The molecule has 7 rings (SSSR count). The quantitative estimate of drug-likeness (QED) is 0.161. The van der Waals surface area contributed by atoms with Crippen molar-refractivity contribution in [3.05, 3.63) is 58.2 Å². The fourth-order valence-electron chi connectivity index (χ4n) is 8.23. The maximum Gasteiger partial charge on any atom is 0.324 e. The summed E-state index contributed by atoms with van der Waals surface area (Å²) in [5, 5.41) is 7.45. The number of rotatable bonds is 10. The van der Waals surface area contributed by atoms with Gasteiger partial charge in [-0.15, -0.1) is 11.3 Å². The molecule has 1 aromatic carbocycles. The highest BCUT2D eigenvalue weighted by Gasteiger charge is 2.38. The number of pyridine rings is 1. The SMILES string of the molecule is CCn1c(-c2cccnc2[C@H](C)OC)c2c3cc(ccc31)-c1csc(n1)C[C@H](NC(=O)[C@@H](F)COC1CN(C(=O)C#CC(C)(C)N(C)C)C1)C(=O)N1CCCC(N1)C(=O)OCC(C)(C)C2. The van der Waals surface area contributed by atoms with Gasteiger partial charge in [-0.25, -0.2) is 14.8 Å². The Labute approximate surface area is 384 Å².